The van der Waals surface area contributed by atoms with E-state index in [9.17, 15) is 9.59 Å². The van der Waals surface area contributed by atoms with Crippen LogP contribution in [0.1, 0.15) is 17.3 Å². The van der Waals surface area contributed by atoms with Gasteiger partial charge in [0.25, 0.3) is 11.5 Å². The van der Waals surface area contributed by atoms with Gasteiger partial charge in [-0.15, -0.1) is 0 Å². The van der Waals surface area contributed by atoms with E-state index in [4.69, 9.17) is 0 Å². The number of carbonyl (C=O) groups is 1. The number of hydrogen-bond acceptors (Lipinski definition) is 2. The van der Waals surface area contributed by atoms with Gasteiger partial charge in [0.15, 0.2) is 0 Å². The first kappa shape index (κ1) is 14.1. The lowest BCUT2D eigenvalue weighted by Gasteiger charge is -2.07. The molecule has 0 radical (unpaired) electrons. The Labute approximate surface area is 127 Å². The molecule has 1 amide bonds. The number of nitrogens with zero attached hydrogens (tertiary/aromatic N) is 2. The second-order valence-corrected chi connectivity index (χ2v) is 5.17. The molecular weight excluding hydrogens is 278 g/mol. The van der Waals surface area contributed by atoms with Crippen LogP contribution in [0, 0.1) is 0 Å². The minimum Gasteiger partial charge on any atom is -0.350 e. The monoisotopic (exact) mass is 295 g/mol. The highest BCUT2D eigenvalue weighted by Gasteiger charge is 2.13. The third-order valence-electron chi connectivity index (χ3n) is 3.72. The van der Waals surface area contributed by atoms with Crippen molar-refractivity contribution in [3.8, 4) is 0 Å². The second-order valence-electron chi connectivity index (χ2n) is 5.17. The lowest BCUT2D eigenvalue weighted by molar-refractivity contribution is 0.102. The Morgan fingerprint density at radius 3 is 2.68 bits per heavy atom. The average molecular weight is 295 g/mol. The molecule has 0 aliphatic carbocycles. The van der Waals surface area contributed by atoms with Crippen LogP contribution in [0.15, 0.2) is 53.6 Å². The molecule has 0 aliphatic heterocycles. The number of benzene rings is 1. The number of aromatic nitrogens is 2. The van der Waals surface area contributed by atoms with E-state index in [0.29, 0.717) is 17.8 Å². The van der Waals surface area contributed by atoms with Crippen LogP contribution in [0.4, 0.5) is 5.69 Å². The number of nitrogens with one attached hydrogen (secondary N) is 1. The number of carbonyl (C=O) groups excluding carboxylic acids is 1. The molecule has 0 bridgehead atoms. The summed E-state index contributed by atoms with van der Waals surface area (Å²) in [6, 6.07) is 10.8. The third kappa shape index (κ3) is 2.41. The molecule has 2 heterocycles. The average Bonchev–Trinajstić information content (AvgIpc) is 2.87. The lowest BCUT2D eigenvalue weighted by Crippen LogP contribution is -2.19. The lowest BCUT2D eigenvalue weighted by atomic mass is 10.1. The van der Waals surface area contributed by atoms with Crippen LogP contribution in [-0.2, 0) is 13.6 Å². The van der Waals surface area contributed by atoms with Crippen molar-refractivity contribution in [1.29, 1.82) is 0 Å². The standard InChI is InChI=1S/C17H17N3O2/c1-3-20-10-12(8-9-16(20)21)18-17(22)14-11-19(2)15-7-5-4-6-13(14)15/h4-11H,3H2,1-2H3,(H,18,22). The summed E-state index contributed by atoms with van der Waals surface area (Å²) < 4.78 is 3.48. The fourth-order valence-corrected chi connectivity index (χ4v) is 2.57. The molecule has 112 valence electrons. The van der Waals surface area contributed by atoms with Crippen molar-refractivity contribution in [2.24, 2.45) is 7.05 Å². The summed E-state index contributed by atoms with van der Waals surface area (Å²) in [5.74, 6) is -0.182. The summed E-state index contributed by atoms with van der Waals surface area (Å²) in [4.78, 5) is 24.1. The first-order chi connectivity index (χ1) is 10.6. The Morgan fingerprint density at radius 1 is 1.14 bits per heavy atom. The summed E-state index contributed by atoms with van der Waals surface area (Å²) in [7, 11) is 1.91. The van der Waals surface area contributed by atoms with Crippen molar-refractivity contribution in [3.05, 3.63) is 64.7 Å². The fourth-order valence-electron chi connectivity index (χ4n) is 2.57. The van der Waals surface area contributed by atoms with E-state index in [1.165, 1.54) is 6.07 Å². The zero-order valence-electron chi connectivity index (χ0n) is 12.5. The molecule has 0 saturated heterocycles. The van der Waals surface area contributed by atoms with Gasteiger partial charge >= 0.3 is 0 Å². The van der Waals surface area contributed by atoms with E-state index in [1.807, 2.05) is 49.0 Å². The fraction of sp³-hybridized carbons (Fsp3) is 0.176. The quantitative estimate of drug-likeness (QED) is 0.807. The molecule has 0 saturated carbocycles. The van der Waals surface area contributed by atoms with Gasteiger partial charge in [0.05, 0.1) is 11.3 Å². The van der Waals surface area contributed by atoms with Gasteiger partial charge in [-0.1, -0.05) is 18.2 Å². The third-order valence-corrected chi connectivity index (χ3v) is 3.72. The highest BCUT2D eigenvalue weighted by atomic mass is 16.1. The molecule has 5 nitrogen and oxygen atoms in total. The van der Waals surface area contributed by atoms with Gasteiger partial charge in [0.2, 0.25) is 0 Å². The van der Waals surface area contributed by atoms with Crippen molar-refractivity contribution in [1.82, 2.24) is 9.13 Å². The van der Waals surface area contributed by atoms with E-state index in [1.54, 1.807) is 16.8 Å². The van der Waals surface area contributed by atoms with Crippen LogP contribution in [0.25, 0.3) is 10.9 Å². The van der Waals surface area contributed by atoms with Gasteiger partial charge in [0, 0.05) is 43.0 Å². The molecule has 2 aromatic heterocycles. The number of pyridine rings is 1. The number of amides is 1. The van der Waals surface area contributed by atoms with Gasteiger partial charge in [-0.25, -0.2) is 0 Å². The maximum absolute atomic E-state index is 12.5. The molecule has 22 heavy (non-hydrogen) atoms. The number of anilines is 1. The zero-order valence-corrected chi connectivity index (χ0v) is 12.5. The van der Waals surface area contributed by atoms with Crippen molar-refractivity contribution in [3.63, 3.8) is 0 Å². The molecule has 0 aliphatic rings. The van der Waals surface area contributed by atoms with E-state index >= 15 is 0 Å². The predicted molar refractivity (Wildman–Crippen MR) is 87.2 cm³/mol. The van der Waals surface area contributed by atoms with E-state index < -0.39 is 0 Å². The summed E-state index contributed by atoms with van der Waals surface area (Å²) in [5, 5.41) is 3.76. The number of aryl methyl sites for hydroxylation is 2. The van der Waals surface area contributed by atoms with Crippen molar-refractivity contribution in [2.75, 3.05) is 5.32 Å². The van der Waals surface area contributed by atoms with Crippen molar-refractivity contribution >= 4 is 22.5 Å². The van der Waals surface area contributed by atoms with E-state index in [2.05, 4.69) is 5.32 Å². The first-order valence-electron chi connectivity index (χ1n) is 7.16. The molecular formula is C17H17N3O2. The van der Waals surface area contributed by atoms with Gasteiger partial charge in [-0.2, -0.15) is 0 Å². The van der Waals surface area contributed by atoms with Gasteiger partial charge in [0.1, 0.15) is 0 Å². The normalized spacial score (nSPS) is 10.8. The van der Waals surface area contributed by atoms with Crippen LogP contribution in [0.3, 0.4) is 0 Å². The SMILES string of the molecule is CCn1cc(NC(=O)c2cn(C)c3ccccc23)ccc1=O. The predicted octanol–water partition coefficient (Wildman–Crippen LogP) is 2.61. The second kappa shape index (κ2) is 5.52. The topological polar surface area (TPSA) is 56.0 Å². The Bertz CT molecular complexity index is 906. The maximum atomic E-state index is 12.5. The zero-order chi connectivity index (χ0) is 15.7. The number of fused-ring (bicyclic) bond motifs is 1. The summed E-state index contributed by atoms with van der Waals surface area (Å²) in [6.45, 7) is 2.45. The van der Waals surface area contributed by atoms with Crippen LogP contribution in [0.5, 0.6) is 0 Å². The van der Waals surface area contributed by atoms with Gasteiger partial charge < -0.3 is 14.5 Å². The molecule has 1 aromatic carbocycles. The smallest absolute Gasteiger partial charge is 0.257 e. The Balaban J connectivity index is 1.95. The minimum absolute atomic E-state index is 0.0781. The molecule has 0 spiro atoms. The van der Waals surface area contributed by atoms with Crippen LogP contribution in [0.2, 0.25) is 0 Å². The van der Waals surface area contributed by atoms with Crippen LogP contribution in [-0.4, -0.2) is 15.0 Å². The maximum Gasteiger partial charge on any atom is 0.257 e. The highest BCUT2D eigenvalue weighted by Crippen LogP contribution is 2.21. The summed E-state index contributed by atoms with van der Waals surface area (Å²) in [5.41, 5.74) is 2.16. The first-order valence-corrected chi connectivity index (χ1v) is 7.16. The molecule has 0 unspecified atom stereocenters. The van der Waals surface area contributed by atoms with Gasteiger partial charge in [-0.3, -0.25) is 9.59 Å². The van der Waals surface area contributed by atoms with Gasteiger partial charge in [-0.05, 0) is 19.1 Å². The Morgan fingerprint density at radius 2 is 1.91 bits per heavy atom. The molecule has 3 aromatic rings. The van der Waals surface area contributed by atoms with E-state index in [0.717, 1.165) is 10.9 Å². The molecule has 1 N–H and O–H groups in total. The number of hydrogen-bond donors (Lipinski definition) is 1. The van der Waals surface area contributed by atoms with E-state index in [-0.39, 0.29) is 11.5 Å². The highest BCUT2D eigenvalue weighted by molar-refractivity contribution is 6.12. The number of para-hydroxylation sites is 1. The molecule has 0 fully saturated rings. The Hall–Kier alpha value is -2.82. The molecule has 3 rings (SSSR count). The summed E-state index contributed by atoms with van der Waals surface area (Å²) >= 11 is 0. The Kier molecular flexibility index (Phi) is 3.55. The number of rotatable bonds is 3. The van der Waals surface area contributed by atoms with Crippen molar-refractivity contribution < 1.29 is 4.79 Å². The largest absolute Gasteiger partial charge is 0.350 e. The van der Waals surface area contributed by atoms with Crippen molar-refractivity contribution in [2.45, 2.75) is 13.5 Å². The van der Waals surface area contributed by atoms with Crippen LogP contribution >= 0.6 is 0 Å². The molecule has 5 heteroatoms. The summed E-state index contributed by atoms with van der Waals surface area (Å²) in [6.07, 6.45) is 3.47. The minimum atomic E-state index is -0.182. The van der Waals surface area contributed by atoms with Crippen LogP contribution < -0.4 is 10.9 Å². The molecule has 0 atom stereocenters.